The van der Waals surface area contributed by atoms with E-state index < -0.39 is 6.04 Å². The summed E-state index contributed by atoms with van der Waals surface area (Å²) in [7, 11) is 0. The smallest absolute Gasteiger partial charge is 0.266 e. The first-order chi connectivity index (χ1) is 15.9. The van der Waals surface area contributed by atoms with E-state index >= 15 is 0 Å². The van der Waals surface area contributed by atoms with Crippen LogP contribution >= 0.6 is 0 Å². The van der Waals surface area contributed by atoms with Gasteiger partial charge in [-0.15, -0.1) is 0 Å². The van der Waals surface area contributed by atoms with Crippen molar-refractivity contribution in [3.05, 3.63) is 82.4 Å². The topological polar surface area (TPSA) is 118 Å². The molecule has 0 spiro atoms. The van der Waals surface area contributed by atoms with Crippen molar-refractivity contribution in [3.63, 3.8) is 0 Å². The second-order valence-electron chi connectivity index (χ2n) is 7.87. The predicted octanol–water partition coefficient (Wildman–Crippen LogP) is 3.74. The minimum Gasteiger partial charge on any atom is -0.358 e. The average Bonchev–Trinajstić information content (AvgIpc) is 3.29. The number of aryl methyl sites for hydroxylation is 1. The summed E-state index contributed by atoms with van der Waals surface area (Å²) in [6, 6.07) is 12.2. The zero-order valence-corrected chi connectivity index (χ0v) is 18.3. The fourth-order valence-electron chi connectivity index (χ4n) is 3.96. The number of ketones is 1. The number of nitrogens with zero attached hydrogens (tertiary/aromatic N) is 5. The Kier molecular flexibility index (Phi) is 4.93. The molecule has 9 nitrogen and oxygen atoms in total. The summed E-state index contributed by atoms with van der Waals surface area (Å²) in [5.74, 6) is 0.932. The van der Waals surface area contributed by atoms with Crippen molar-refractivity contribution in [2.45, 2.75) is 26.8 Å². The SMILES string of the molecule is CC(=O)c1cccc(-n2c(C(C)Nc3ncnc4[nH]cnc34)nc3cccc(C)c3c2=O)c1. The van der Waals surface area contributed by atoms with E-state index in [0.717, 1.165) is 5.56 Å². The number of hydrogen-bond donors (Lipinski definition) is 2. The first-order valence-electron chi connectivity index (χ1n) is 10.5. The Bertz CT molecular complexity index is 1590. The van der Waals surface area contributed by atoms with Crippen molar-refractivity contribution in [3.8, 4) is 5.69 Å². The molecule has 0 radical (unpaired) electrons. The lowest BCUT2D eigenvalue weighted by Gasteiger charge is -2.20. The second-order valence-corrected chi connectivity index (χ2v) is 7.87. The molecule has 164 valence electrons. The van der Waals surface area contributed by atoms with E-state index in [2.05, 4.69) is 25.3 Å². The van der Waals surface area contributed by atoms with Gasteiger partial charge in [0.2, 0.25) is 0 Å². The van der Waals surface area contributed by atoms with Crippen LogP contribution in [0.5, 0.6) is 0 Å². The Balaban J connectivity index is 1.73. The van der Waals surface area contributed by atoms with Gasteiger partial charge in [-0.2, -0.15) is 0 Å². The van der Waals surface area contributed by atoms with Crippen LogP contribution in [-0.4, -0.2) is 35.3 Å². The highest BCUT2D eigenvalue weighted by Gasteiger charge is 2.21. The van der Waals surface area contributed by atoms with Gasteiger partial charge in [0.15, 0.2) is 17.2 Å². The Labute approximate surface area is 188 Å². The van der Waals surface area contributed by atoms with E-state index in [-0.39, 0.29) is 11.3 Å². The third kappa shape index (κ3) is 3.53. The van der Waals surface area contributed by atoms with E-state index in [1.165, 1.54) is 13.3 Å². The van der Waals surface area contributed by atoms with Gasteiger partial charge in [-0.05, 0) is 44.5 Å². The number of rotatable bonds is 5. The molecule has 2 N–H and O–H groups in total. The molecule has 0 saturated heterocycles. The Morgan fingerprint density at radius 2 is 1.94 bits per heavy atom. The van der Waals surface area contributed by atoms with Crippen molar-refractivity contribution in [2.75, 3.05) is 5.32 Å². The molecule has 0 amide bonds. The highest BCUT2D eigenvalue weighted by Crippen LogP contribution is 2.24. The number of Topliss-reactive ketones (excluding diaryl/α,β-unsaturated/α-hetero) is 1. The average molecular weight is 439 g/mol. The molecule has 2 aromatic carbocycles. The third-order valence-electron chi connectivity index (χ3n) is 5.60. The highest BCUT2D eigenvalue weighted by molar-refractivity contribution is 5.94. The lowest BCUT2D eigenvalue weighted by molar-refractivity contribution is 0.101. The van der Waals surface area contributed by atoms with Crippen LogP contribution in [-0.2, 0) is 0 Å². The van der Waals surface area contributed by atoms with Gasteiger partial charge in [0.05, 0.1) is 29.0 Å². The van der Waals surface area contributed by atoms with Gasteiger partial charge in [-0.1, -0.05) is 24.3 Å². The van der Waals surface area contributed by atoms with Crippen molar-refractivity contribution in [2.24, 2.45) is 0 Å². The van der Waals surface area contributed by atoms with Crippen LogP contribution in [0.15, 0.2) is 59.9 Å². The fourth-order valence-corrected chi connectivity index (χ4v) is 3.96. The second kappa shape index (κ2) is 7.94. The van der Waals surface area contributed by atoms with Crippen LogP contribution < -0.4 is 10.9 Å². The minimum absolute atomic E-state index is 0.0792. The number of aromatic nitrogens is 6. The van der Waals surface area contributed by atoms with Crippen molar-refractivity contribution in [1.82, 2.24) is 29.5 Å². The molecule has 1 atom stereocenters. The number of H-pyrrole nitrogens is 1. The Morgan fingerprint density at radius 1 is 1.12 bits per heavy atom. The number of anilines is 1. The van der Waals surface area contributed by atoms with Crippen LogP contribution in [0.1, 0.15) is 41.6 Å². The summed E-state index contributed by atoms with van der Waals surface area (Å²) >= 11 is 0. The summed E-state index contributed by atoms with van der Waals surface area (Å²) in [5.41, 5.74) is 3.53. The van der Waals surface area contributed by atoms with Gasteiger partial charge in [0.25, 0.3) is 5.56 Å². The number of fused-ring (bicyclic) bond motifs is 2. The molecule has 0 aliphatic rings. The molecule has 5 aromatic rings. The number of carbonyl (C=O) groups excluding carboxylic acids is 1. The largest absolute Gasteiger partial charge is 0.358 e. The van der Waals surface area contributed by atoms with Crippen LogP contribution in [0.2, 0.25) is 0 Å². The fraction of sp³-hybridized carbons (Fsp3) is 0.167. The van der Waals surface area contributed by atoms with Gasteiger partial charge in [-0.3, -0.25) is 14.2 Å². The molecular weight excluding hydrogens is 418 g/mol. The van der Waals surface area contributed by atoms with Crippen LogP contribution in [0.4, 0.5) is 5.82 Å². The zero-order valence-electron chi connectivity index (χ0n) is 18.3. The maximum atomic E-state index is 13.7. The summed E-state index contributed by atoms with van der Waals surface area (Å²) < 4.78 is 1.56. The molecule has 0 fully saturated rings. The quantitative estimate of drug-likeness (QED) is 0.401. The summed E-state index contributed by atoms with van der Waals surface area (Å²) in [6.45, 7) is 5.29. The van der Waals surface area contributed by atoms with Crippen LogP contribution in [0.25, 0.3) is 27.8 Å². The molecule has 9 heteroatoms. The van der Waals surface area contributed by atoms with Crippen LogP contribution in [0, 0.1) is 6.92 Å². The molecule has 3 aromatic heterocycles. The molecule has 0 bridgehead atoms. The lowest BCUT2D eigenvalue weighted by Crippen LogP contribution is -2.28. The van der Waals surface area contributed by atoms with Gasteiger partial charge < -0.3 is 10.3 Å². The molecule has 0 saturated carbocycles. The zero-order chi connectivity index (χ0) is 23.1. The molecule has 0 aliphatic carbocycles. The lowest BCUT2D eigenvalue weighted by atomic mass is 10.1. The monoisotopic (exact) mass is 439 g/mol. The molecule has 1 unspecified atom stereocenters. The van der Waals surface area contributed by atoms with E-state index in [1.807, 2.05) is 32.0 Å². The van der Waals surface area contributed by atoms with Gasteiger partial charge in [0, 0.05) is 5.56 Å². The number of imidazole rings is 1. The van der Waals surface area contributed by atoms with Gasteiger partial charge in [0.1, 0.15) is 17.7 Å². The molecule has 0 aliphatic heterocycles. The third-order valence-corrected chi connectivity index (χ3v) is 5.60. The van der Waals surface area contributed by atoms with E-state index in [9.17, 15) is 9.59 Å². The number of aromatic amines is 1. The first kappa shape index (κ1) is 20.5. The number of carbonyl (C=O) groups is 1. The highest BCUT2D eigenvalue weighted by atomic mass is 16.1. The van der Waals surface area contributed by atoms with E-state index in [1.54, 1.807) is 35.2 Å². The van der Waals surface area contributed by atoms with E-state index in [0.29, 0.717) is 45.0 Å². The van der Waals surface area contributed by atoms with Gasteiger partial charge >= 0.3 is 0 Å². The maximum absolute atomic E-state index is 13.7. The summed E-state index contributed by atoms with van der Waals surface area (Å²) in [6.07, 6.45) is 2.99. The van der Waals surface area contributed by atoms with Gasteiger partial charge in [-0.25, -0.2) is 19.9 Å². The number of nitrogens with one attached hydrogen (secondary N) is 2. The molecular formula is C24H21N7O2. The number of benzene rings is 2. The normalized spacial score (nSPS) is 12.2. The summed E-state index contributed by atoms with van der Waals surface area (Å²) in [5, 5.41) is 3.86. The predicted molar refractivity (Wildman–Crippen MR) is 126 cm³/mol. The molecule has 33 heavy (non-hydrogen) atoms. The van der Waals surface area contributed by atoms with Crippen molar-refractivity contribution in [1.29, 1.82) is 0 Å². The standard InChI is InChI=1S/C24H21N7O2/c1-13-6-4-9-18-19(13)24(33)31(17-8-5-7-16(10-17)15(3)32)23(30-18)14(2)29-22-20-21(26-11-25-20)27-12-28-22/h4-12,14H,1-3H3,(H2,25,26,27,28,29). The maximum Gasteiger partial charge on any atom is 0.266 e. The number of hydrogen-bond acceptors (Lipinski definition) is 7. The van der Waals surface area contributed by atoms with Crippen molar-refractivity contribution >= 4 is 33.7 Å². The Hall–Kier alpha value is -4.40. The van der Waals surface area contributed by atoms with Crippen molar-refractivity contribution < 1.29 is 4.79 Å². The molecule has 3 heterocycles. The van der Waals surface area contributed by atoms with Crippen LogP contribution in [0.3, 0.4) is 0 Å². The molecule has 5 rings (SSSR count). The minimum atomic E-state index is -0.418. The Morgan fingerprint density at radius 3 is 2.76 bits per heavy atom. The first-order valence-corrected chi connectivity index (χ1v) is 10.5. The van der Waals surface area contributed by atoms with E-state index in [4.69, 9.17) is 4.98 Å². The summed E-state index contributed by atoms with van der Waals surface area (Å²) in [4.78, 5) is 46.3.